The SMILES string of the molecule is CCc1cc(OCC=C(Cl)Cl)cc(C)c1OCCCCCN. The molecule has 5 heteroatoms. The largest absolute Gasteiger partial charge is 0.493 e. The molecule has 0 aliphatic rings. The van der Waals surface area contributed by atoms with Gasteiger partial charge in [0.15, 0.2) is 0 Å². The van der Waals surface area contributed by atoms with Crippen LogP contribution in [-0.2, 0) is 6.42 Å². The van der Waals surface area contributed by atoms with E-state index >= 15 is 0 Å². The number of halogens is 2. The molecule has 0 heterocycles. The van der Waals surface area contributed by atoms with E-state index in [1.165, 1.54) is 0 Å². The van der Waals surface area contributed by atoms with Gasteiger partial charge in [0.1, 0.15) is 22.6 Å². The summed E-state index contributed by atoms with van der Waals surface area (Å²) in [5.74, 6) is 1.77. The van der Waals surface area contributed by atoms with E-state index < -0.39 is 0 Å². The lowest BCUT2D eigenvalue weighted by Gasteiger charge is -2.15. The molecule has 1 aromatic rings. The minimum atomic E-state index is 0.213. The minimum Gasteiger partial charge on any atom is -0.493 e. The maximum absolute atomic E-state index is 5.95. The Bertz CT molecular complexity index is 486. The number of ether oxygens (including phenoxy) is 2. The van der Waals surface area contributed by atoms with Crippen molar-refractivity contribution in [2.75, 3.05) is 19.8 Å². The van der Waals surface area contributed by atoms with E-state index in [1.807, 2.05) is 19.1 Å². The monoisotopic (exact) mass is 345 g/mol. The van der Waals surface area contributed by atoms with E-state index in [0.29, 0.717) is 6.61 Å². The molecule has 0 radical (unpaired) electrons. The second-order valence-corrected chi connectivity index (χ2v) is 6.09. The molecular formula is C17H25Cl2NO2. The predicted octanol–water partition coefficient (Wildman–Crippen LogP) is 4.76. The average Bonchev–Trinajstić information content (AvgIpc) is 2.48. The number of benzene rings is 1. The van der Waals surface area contributed by atoms with Crippen LogP contribution in [0.15, 0.2) is 22.7 Å². The Morgan fingerprint density at radius 2 is 1.95 bits per heavy atom. The van der Waals surface area contributed by atoms with Crippen molar-refractivity contribution in [1.82, 2.24) is 0 Å². The van der Waals surface area contributed by atoms with Gasteiger partial charge in [0.2, 0.25) is 0 Å². The summed E-state index contributed by atoms with van der Waals surface area (Å²) in [4.78, 5) is 0. The molecule has 0 unspecified atom stereocenters. The highest BCUT2D eigenvalue weighted by Crippen LogP contribution is 2.30. The highest BCUT2D eigenvalue weighted by Gasteiger charge is 2.09. The highest BCUT2D eigenvalue weighted by molar-refractivity contribution is 6.55. The van der Waals surface area contributed by atoms with Gasteiger partial charge in [0, 0.05) is 0 Å². The smallest absolute Gasteiger partial charge is 0.125 e. The first-order valence-electron chi connectivity index (χ1n) is 7.68. The van der Waals surface area contributed by atoms with Gasteiger partial charge < -0.3 is 15.2 Å². The van der Waals surface area contributed by atoms with Crippen LogP contribution in [0.2, 0.25) is 0 Å². The molecule has 0 atom stereocenters. The van der Waals surface area contributed by atoms with Gasteiger partial charge in [-0.3, -0.25) is 0 Å². The van der Waals surface area contributed by atoms with Crippen molar-refractivity contribution in [1.29, 1.82) is 0 Å². The van der Waals surface area contributed by atoms with Gasteiger partial charge in [0.25, 0.3) is 0 Å². The predicted molar refractivity (Wildman–Crippen MR) is 94.2 cm³/mol. The molecule has 0 aromatic heterocycles. The van der Waals surface area contributed by atoms with E-state index in [4.69, 9.17) is 38.4 Å². The third-order valence-electron chi connectivity index (χ3n) is 3.29. The molecule has 3 nitrogen and oxygen atoms in total. The topological polar surface area (TPSA) is 44.5 Å². The second kappa shape index (κ2) is 10.8. The van der Waals surface area contributed by atoms with Gasteiger partial charge >= 0.3 is 0 Å². The van der Waals surface area contributed by atoms with Gasteiger partial charge in [-0.05, 0) is 68.5 Å². The molecule has 0 aliphatic heterocycles. The van der Waals surface area contributed by atoms with Crippen molar-refractivity contribution in [3.8, 4) is 11.5 Å². The van der Waals surface area contributed by atoms with E-state index in [1.54, 1.807) is 6.08 Å². The van der Waals surface area contributed by atoms with E-state index in [2.05, 4.69) is 6.92 Å². The molecule has 0 spiro atoms. The molecule has 2 N–H and O–H groups in total. The van der Waals surface area contributed by atoms with Gasteiger partial charge in [-0.2, -0.15) is 0 Å². The molecule has 0 aliphatic carbocycles. The number of hydrogen-bond donors (Lipinski definition) is 1. The van der Waals surface area contributed by atoms with Crippen LogP contribution in [-0.4, -0.2) is 19.8 Å². The van der Waals surface area contributed by atoms with Crippen molar-refractivity contribution < 1.29 is 9.47 Å². The van der Waals surface area contributed by atoms with Crippen molar-refractivity contribution in [3.05, 3.63) is 33.8 Å². The Balaban J connectivity index is 2.67. The van der Waals surface area contributed by atoms with E-state index in [-0.39, 0.29) is 4.49 Å². The average molecular weight is 346 g/mol. The molecule has 0 amide bonds. The molecule has 0 saturated heterocycles. The number of hydrogen-bond acceptors (Lipinski definition) is 3. The fourth-order valence-corrected chi connectivity index (χ4v) is 2.29. The Hall–Kier alpha value is -0.900. The summed E-state index contributed by atoms with van der Waals surface area (Å²) in [6, 6.07) is 3.99. The summed E-state index contributed by atoms with van der Waals surface area (Å²) in [6.07, 6.45) is 5.68. The molecule has 1 aromatic carbocycles. The van der Waals surface area contributed by atoms with Crippen LogP contribution in [0.1, 0.15) is 37.3 Å². The van der Waals surface area contributed by atoms with Crippen molar-refractivity contribution in [3.63, 3.8) is 0 Å². The quantitative estimate of drug-likeness (QED) is 0.621. The molecule has 0 fully saturated rings. The van der Waals surface area contributed by atoms with E-state index in [9.17, 15) is 0 Å². The summed E-state index contributed by atoms with van der Waals surface area (Å²) in [7, 11) is 0. The minimum absolute atomic E-state index is 0.213. The highest BCUT2D eigenvalue weighted by atomic mass is 35.5. The molecular weight excluding hydrogens is 321 g/mol. The van der Waals surface area contributed by atoms with Crippen LogP contribution in [0.3, 0.4) is 0 Å². The number of nitrogens with two attached hydrogens (primary N) is 1. The van der Waals surface area contributed by atoms with Crippen molar-refractivity contribution in [2.24, 2.45) is 5.73 Å². The fraction of sp³-hybridized carbons (Fsp3) is 0.529. The second-order valence-electron chi connectivity index (χ2n) is 5.08. The fourth-order valence-electron chi connectivity index (χ4n) is 2.16. The maximum atomic E-state index is 5.95. The standard InChI is InChI=1S/C17H25Cl2NO2/c1-3-14-12-15(21-10-7-16(18)19)11-13(2)17(14)22-9-6-4-5-8-20/h7,11-12H,3-6,8-10,20H2,1-2H3. The Morgan fingerprint density at radius 1 is 1.18 bits per heavy atom. The normalized spacial score (nSPS) is 10.4. The maximum Gasteiger partial charge on any atom is 0.125 e. The first-order valence-corrected chi connectivity index (χ1v) is 8.44. The molecule has 0 bridgehead atoms. The first kappa shape index (κ1) is 19.1. The summed E-state index contributed by atoms with van der Waals surface area (Å²) in [5.41, 5.74) is 7.72. The molecule has 124 valence electrons. The lowest BCUT2D eigenvalue weighted by atomic mass is 10.1. The zero-order chi connectivity index (χ0) is 16.4. The summed E-state index contributed by atoms with van der Waals surface area (Å²) < 4.78 is 11.8. The first-order chi connectivity index (χ1) is 10.6. The van der Waals surface area contributed by atoms with Crippen LogP contribution in [0.4, 0.5) is 0 Å². The van der Waals surface area contributed by atoms with Crippen LogP contribution in [0.5, 0.6) is 11.5 Å². The molecule has 0 saturated carbocycles. The zero-order valence-corrected chi connectivity index (χ0v) is 14.8. The lowest BCUT2D eigenvalue weighted by Crippen LogP contribution is -2.05. The Kier molecular flexibility index (Phi) is 9.37. The van der Waals surface area contributed by atoms with Gasteiger partial charge in [-0.25, -0.2) is 0 Å². The van der Waals surface area contributed by atoms with Gasteiger partial charge in [0.05, 0.1) is 6.61 Å². The van der Waals surface area contributed by atoms with Crippen LogP contribution >= 0.6 is 23.2 Å². The van der Waals surface area contributed by atoms with E-state index in [0.717, 1.165) is 61.5 Å². The van der Waals surface area contributed by atoms with Crippen LogP contribution in [0, 0.1) is 6.92 Å². The summed E-state index contributed by atoms with van der Waals surface area (Å²) >= 11 is 11.1. The number of rotatable bonds is 10. The Labute approximate surface area is 143 Å². The van der Waals surface area contributed by atoms with Gasteiger partial charge in [-0.1, -0.05) is 30.1 Å². The van der Waals surface area contributed by atoms with Crippen molar-refractivity contribution >= 4 is 23.2 Å². The zero-order valence-electron chi connectivity index (χ0n) is 13.3. The van der Waals surface area contributed by atoms with Crippen LogP contribution < -0.4 is 15.2 Å². The third kappa shape index (κ3) is 6.91. The third-order valence-corrected chi connectivity index (χ3v) is 3.60. The van der Waals surface area contributed by atoms with Gasteiger partial charge in [-0.15, -0.1) is 0 Å². The summed E-state index contributed by atoms with van der Waals surface area (Å²) in [6.45, 7) is 5.95. The molecule has 22 heavy (non-hydrogen) atoms. The van der Waals surface area contributed by atoms with Crippen molar-refractivity contribution in [2.45, 2.75) is 39.5 Å². The number of aryl methyl sites for hydroxylation is 2. The molecule has 1 rings (SSSR count). The Morgan fingerprint density at radius 3 is 2.59 bits per heavy atom. The van der Waals surface area contributed by atoms with Crippen LogP contribution in [0.25, 0.3) is 0 Å². The summed E-state index contributed by atoms with van der Waals surface area (Å²) in [5, 5.41) is 0. The lowest BCUT2D eigenvalue weighted by molar-refractivity contribution is 0.299. The number of unbranched alkanes of at least 4 members (excludes halogenated alkanes) is 2.